The van der Waals surface area contributed by atoms with Crippen LogP contribution in [0.2, 0.25) is 0 Å². The van der Waals surface area contributed by atoms with E-state index in [1.54, 1.807) is 0 Å². The second kappa shape index (κ2) is 2.69. The highest BCUT2D eigenvalue weighted by Crippen LogP contribution is 2.22. The Morgan fingerprint density at radius 3 is 2.50 bits per heavy atom. The largest absolute Gasteiger partial charge is 0.445 e. The molecule has 1 aliphatic heterocycles. The average Bonchev–Trinajstić information content (AvgIpc) is 2.55. The molecule has 1 aliphatic rings. The highest BCUT2D eigenvalue weighted by atomic mass is 32.1. The minimum atomic E-state index is -0.110. The van der Waals surface area contributed by atoms with Gasteiger partial charge in [0, 0.05) is 22.6 Å². The predicted molar refractivity (Wildman–Crippen MR) is 48.9 cm³/mol. The Morgan fingerprint density at radius 2 is 1.92 bits per heavy atom. The van der Waals surface area contributed by atoms with Gasteiger partial charge in [0.05, 0.1) is 0 Å². The van der Waals surface area contributed by atoms with E-state index < -0.39 is 0 Å². The number of rotatable bonds is 1. The summed E-state index contributed by atoms with van der Waals surface area (Å²) in [6.45, 7) is 0. The molecule has 1 atom stereocenters. The van der Waals surface area contributed by atoms with Gasteiger partial charge in [0.2, 0.25) is 6.34 Å². The highest BCUT2D eigenvalue weighted by Gasteiger charge is 2.18. The number of para-hydroxylation sites is 1. The summed E-state index contributed by atoms with van der Waals surface area (Å²) in [4.78, 5) is 0. The molecule has 4 nitrogen and oxygen atoms in total. The first-order valence-electron chi connectivity index (χ1n) is 3.43. The van der Waals surface area contributed by atoms with E-state index in [0.717, 1.165) is 5.69 Å². The van der Waals surface area contributed by atoms with Gasteiger partial charge in [-0.15, -0.1) is 0 Å². The van der Waals surface area contributed by atoms with Crippen molar-refractivity contribution in [3.05, 3.63) is 30.3 Å². The molecule has 1 aromatic rings. The Balaban J connectivity index is 2.43. The van der Waals surface area contributed by atoms with Gasteiger partial charge in [0.15, 0.2) is 0 Å². The summed E-state index contributed by atoms with van der Waals surface area (Å²) in [5.74, 6) is 0. The first-order chi connectivity index (χ1) is 5.81. The summed E-state index contributed by atoms with van der Waals surface area (Å²) in [5, 5.41) is 10.9. The van der Waals surface area contributed by atoms with Crippen LogP contribution in [-0.4, -0.2) is 6.34 Å². The Bertz CT molecular complexity index is 321. The Kier molecular flexibility index (Phi) is 1.67. The van der Waals surface area contributed by atoms with Gasteiger partial charge in [-0.25, -0.2) is 4.00 Å². The van der Waals surface area contributed by atoms with E-state index in [2.05, 4.69) is 15.5 Å². The lowest BCUT2D eigenvalue weighted by atomic mass is 10.3. The zero-order valence-corrected chi connectivity index (χ0v) is 6.98. The summed E-state index contributed by atoms with van der Waals surface area (Å²) in [5.41, 5.74) is 0.873. The van der Waals surface area contributed by atoms with Crippen molar-refractivity contribution in [1.82, 2.24) is 4.00 Å². The molecule has 5 heteroatoms. The van der Waals surface area contributed by atoms with Gasteiger partial charge >= 0.3 is 0 Å². The summed E-state index contributed by atoms with van der Waals surface area (Å²) >= 11 is 5.16. The highest BCUT2D eigenvalue weighted by molar-refractivity contribution is 7.59. The lowest BCUT2D eigenvalue weighted by molar-refractivity contribution is 0.692. The van der Waals surface area contributed by atoms with E-state index in [1.807, 2.05) is 30.3 Å². The smallest absolute Gasteiger partial charge is 0.226 e. The van der Waals surface area contributed by atoms with Gasteiger partial charge in [-0.1, -0.05) is 23.3 Å². The molecule has 0 aromatic heterocycles. The van der Waals surface area contributed by atoms with Crippen molar-refractivity contribution in [2.45, 2.75) is 0 Å². The maximum absolute atomic E-state index is 5.16. The minimum absolute atomic E-state index is 0.110. The van der Waals surface area contributed by atoms with Gasteiger partial charge in [-0.3, -0.25) is 0 Å². The number of benzene rings is 1. The lowest BCUT2D eigenvalue weighted by Gasteiger charge is -2.26. The summed E-state index contributed by atoms with van der Waals surface area (Å²) in [6.07, 6.45) is 1.50. The maximum Gasteiger partial charge on any atom is 0.226 e. The molecule has 1 heterocycles. The number of hydrogen-bond acceptors (Lipinski definition) is 4. The van der Waals surface area contributed by atoms with Crippen LogP contribution in [0.1, 0.15) is 0 Å². The van der Waals surface area contributed by atoms with E-state index in [-0.39, 0.29) is 4.00 Å². The third kappa shape index (κ3) is 1.13. The van der Waals surface area contributed by atoms with Gasteiger partial charge in [0.25, 0.3) is 0 Å². The van der Waals surface area contributed by atoms with Crippen LogP contribution in [0.3, 0.4) is 0 Å². The van der Waals surface area contributed by atoms with Crippen molar-refractivity contribution >= 4 is 24.8 Å². The maximum atomic E-state index is 5.16. The molecule has 0 aliphatic carbocycles. The van der Waals surface area contributed by atoms with Gasteiger partial charge in [-0.2, -0.15) is 0 Å². The molecule has 0 amide bonds. The van der Waals surface area contributed by atoms with Crippen molar-refractivity contribution in [3.8, 4) is 0 Å². The molecule has 1 aromatic carbocycles. The van der Waals surface area contributed by atoms with Crippen LogP contribution >= 0.6 is 0 Å². The molecule has 1 unspecified atom stereocenters. The molecule has 60 valence electrons. The normalized spacial score (nSPS) is 26.4. The third-order valence-corrected chi connectivity index (χ3v) is 1.94. The second-order valence-electron chi connectivity index (χ2n) is 2.37. The van der Waals surface area contributed by atoms with Crippen LogP contribution < -0.4 is 4.00 Å². The first-order valence-corrected chi connectivity index (χ1v) is 3.80. The van der Waals surface area contributed by atoms with Crippen LogP contribution in [0.25, 0.3) is 0 Å². The fourth-order valence-electron chi connectivity index (χ4n) is 0.959. The van der Waals surface area contributed by atoms with Crippen molar-refractivity contribution in [3.63, 3.8) is 0 Å². The molecule has 2 rings (SSSR count). The Labute approximate surface area is 75.3 Å². The SMILES string of the molecule is [S-][N+]1(c2ccccc2)C=NN=N1. The predicted octanol–water partition coefficient (Wildman–Crippen LogP) is 1.78. The summed E-state index contributed by atoms with van der Waals surface area (Å²) in [7, 11) is 0. The number of hydrogen-bond donors (Lipinski definition) is 0. The van der Waals surface area contributed by atoms with Crippen molar-refractivity contribution in [2.75, 3.05) is 0 Å². The van der Waals surface area contributed by atoms with E-state index in [0.29, 0.717) is 0 Å². The average molecular weight is 178 g/mol. The van der Waals surface area contributed by atoms with Crippen molar-refractivity contribution in [2.24, 2.45) is 15.5 Å². The van der Waals surface area contributed by atoms with E-state index >= 15 is 0 Å². The van der Waals surface area contributed by atoms with Gasteiger partial charge in [-0.05, 0) is 0 Å². The number of nitrogens with zero attached hydrogens (tertiary/aromatic N) is 4. The molecule has 0 saturated heterocycles. The molecule has 0 radical (unpaired) electrons. The second-order valence-corrected chi connectivity index (χ2v) is 2.92. The fourth-order valence-corrected chi connectivity index (χ4v) is 1.16. The standard InChI is InChI=1S/C7H6N4S/c12-11(6-8-9-10-11)7-4-2-1-3-5-7/h1-6H. The van der Waals surface area contributed by atoms with Crippen LogP contribution in [0.5, 0.6) is 0 Å². The molecule has 12 heavy (non-hydrogen) atoms. The van der Waals surface area contributed by atoms with E-state index in [4.69, 9.17) is 12.8 Å². The molecule has 0 fully saturated rings. The summed E-state index contributed by atoms with van der Waals surface area (Å²) < 4.78 is -0.110. The number of quaternary nitrogens is 1. The van der Waals surface area contributed by atoms with Crippen molar-refractivity contribution < 1.29 is 0 Å². The van der Waals surface area contributed by atoms with Crippen LogP contribution in [0.4, 0.5) is 5.69 Å². The van der Waals surface area contributed by atoms with Crippen LogP contribution in [0.15, 0.2) is 45.9 Å². The third-order valence-electron chi connectivity index (χ3n) is 1.56. The van der Waals surface area contributed by atoms with Gasteiger partial charge < -0.3 is 12.8 Å². The zero-order valence-electron chi connectivity index (χ0n) is 6.16. The van der Waals surface area contributed by atoms with E-state index in [1.165, 1.54) is 6.34 Å². The molecule has 0 bridgehead atoms. The molecule has 0 N–H and O–H groups in total. The van der Waals surface area contributed by atoms with Gasteiger partial charge in [0.1, 0.15) is 5.69 Å². The topological polar surface area (TPSA) is 37.1 Å². The van der Waals surface area contributed by atoms with Crippen LogP contribution in [-0.2, 0) is 12.8 Å². The first kappa shape index (κ1) is 7.45. The monoisotopic (exact) mass is 178 g/mol. The Hall–Kier alpha value is -1.20. The Morgan fingerprint density at radius 1 is 1.17 bits per heavy atom. The zero-order chi connectivity index (χ0) is 8.44. The molecular weight excluding hydrogens is 172 g/mol. The van der Waals surface area contributed by atoms with Crippen molar-refractivity contribution in [1.29, 1.82) is 0 Å². The molecular formula is C7H6N4S. The van der Waals surface area contributed by atoms with E-state index in [9.17, 15) is 0 Å². The molecule has 0 saturated carbocycles. The summed E-state index contributed by atoms with van der Waals surface area (Å²) in [6, 6.07) is 9.52. The minimum Gasteiger partial charge on any atom is -0.445 e. The quantitative estimate of drug-likeness (QED) is 0.477. The van der Waals surface area contributed by atoms with Crippen LogP contribution in [0, 0.1) is 0 Å². The lowest BCUT2D eigenvalue weighted by Crippen LogP contribution is -2.32. The fraction of sp³-hybridized carbons (Fsp3) is 0. The molecule has 0 spiro atoms.